The first-order chi connectivity index (χ1) is 14.8. The lowest BCUT2D eigenvalue weighted by Gasteiger charge is -2.12. The summed E-state index contributed by atoms with van der Waals surface area (Å²) in [7, 11) is 0. The minimum absolute atomic E-state index is 0.412. The molecule has 0 aliphatic carbocycles. The first-order valence-electron chi connectivity index (χ1n) is 10.1. The van der Waals surface area contributed by atoms with Gasteiger partial charge in [-0.1, -0.05) is 12.1 Å². The van der Waals surface area contributed by atoms with E-state index in [0.29, 0.717) is 6.04 Å². The van der Waals surface area contributed by atoms with Crippen molar-refractivity contribution < 1.29 is 0 Å². The van der Waals surface area contributed by atoms with Crippen molar-refractivity contribution in [1.29, 1.82) is 0 Å². The highest BCUT2D eigenvalue weighted by Crippen LogP contribution is 2.25. The monoisotopic (exact) mass is 396 g/mol. The maximum Gasteiger partial charge on any atom is 0.154 e. The van der Waals surface area contributed by atoms with E-state index in [1.165, 1.54) is 0 Å². The van der Waals surface area contributed by atoms with Crippen molar-refractivity contribution in [3.8, 4) is 22.6 Å². The van der Waals surface area contributed by atoms with Gasteiger partial charge in [0.2, 0.25) is 0 Å². The molecule has 1 aliphatic heterocycles. The Balaban J connectivity index is 1.41. The van der Waals surface area contributed by atoms with Crippen LogP contribution in [0, 0.1) is 0 Å². The molecule has 5 aromatic rings. The second-order valence-electron chi connectivity index (χ2n) is 7.46. The molecular weight excluding hydrogens is 376 g/mol. The van der Waals surface area contributed by atoms with Gasteiger partial charge in [0.15, 0.2) is 5.65 Å². The summed E-state index contributed by atoms with van der Waals surface area (Å²) in [6.07, 6.45) is 6.71. The quantitative estimate of drug-likeness (QED) is 0.486. The lowest BCUT2D eigenvalue weighted by atomic mass is 10.2. The fourth-order valence-corrected chi connectivity index (χ4v) is 3.97. The second kappa shape index (κ2) is 6.93. The predicted octanol–water partition coefficient (Wildman–Crippen LogP) is 2.88. The number of hydrogen-bond donors (Lipinski definition) is 2. The van der Waals surface area contributed by atoms with Crippen LogP contribution in [0.3, 0.4) is 0 Å². The third-order valence-electron chi connectivity index (χ3n) is 5.49. The summed E-state index contributed by atoms with van der Waals surface area (Å²) in [5.41, 5.74) is 5.31. The zero-order chi connectivity index (χ0) is 19.9. The summed E-state index contributed by atoms with van der Waals surface area (Å²) in [4.78, 5) is 9.34. The van der Waals surface area contributed by atoms with Gasteiger partial charge >= 0.3 is 0 Å². The number of pyridine rings is 2. The van der Waals surface area contributed by atoms with Gasteiger partial charge in [-0.3, -0.25) is 0 Å². The lowest BCUT2D eigenvalue weighted by molar-refractivity contribution is 0.788. The molecule has 30 heavy (non-hydrogen) atoms. The molecule has 0 aromatic carbocycles. The van der Waals surface area contributed by atoms with Gasteiger partial charge in [0.05, 0.1) is 29.3 Å². The van der Waals surface area contributed by atoms with Crippen LogP contribution < -0.4 is 10.6 Å². The zero-order valence-corrected chi connectivity index (χ0v) is 16.2. The first-order valence-corrected chi connectivity index (χ1v) is 10.1. The van der Waals surface area contributed by atoms with Crippen molar-refractivity contribution in [3.05, 3.63) is 67.1 Å². The van der Waals surface area contributed by atoms with Crippen molar-refractivity contribution in [2.45, 2.75) is 12.5 Å². The summed E-state index contributed by atoms with van der Waals surface area (Å²) in [6.45, 7) is 2.01. The van der Waals surface area contributed by atoms with Crippen LogP contribution in [-0.2, 0) is 0 Å². The summed E-state index contributed by atoms with van der Waals surface area (Å²) in [5.74, 6) is 0.870. The van der Waals surface area contributed by atoms with Gasteiger partial charge in [0, 0.05) is 24.3 Å². The molecule has 6 rings (SSSR count). The van der Waals surface area contributed by atoms with Crippen molar-refractivity contribution >= 4 is 17.0 Å². The van der Waals surface area contributed by atoms with Gasteiger partial charge in [-0.15, -0.1) is 0 Å². The van der Waals surface area contributed by atoms with Crippen LogP contribution in [-0.4, -0.2) is 48.3 Å². The lowest BCUT2D eigenvalue weighted by Crippen LogP contribution is -2.22. The Morgan fingerprint density at radius 3 is 2.93 bits per heavy atom. The summed E-state index contributed by atoms with van der Waals surface area (Å²) < 4.78 is 3.70. The smallest absolute Gasteiger partial charge is 0.154 e. The Labute approximate surface area is 172 Å². The summed E-state index contributed by atoms with van der Waals surface area (Å²) in [6, 6.07) is 16.4. The normalized spacial score (nSPS) is 16.5. The van der Waals surface area contributed by atoms with Gasteiger partial charge < -0.3 is 10.6 Å². The van der Waals surface area contributed by atoms with E-state index in [1.807, 2.05) is 76.2 Å². The molecule has 6 heterocycles. The van der Waals surface area contributed by atoms with Crippen LogP contribution in [0.25, 0.3) is 33.8 Å². The minimum Gasteiger partial charge on any atom is -0.366 e. The number of hydrogen-bond acceptors (Lipinski definition) is 6. The predicted molar refractivity (Wildman–Crippen MR) is 115 cm³/mol. The van der Waals surface area contributed by atoms with Crippen LogP contribution in [0.15, 0.2) is 67.1 Å². The summed E-state index contributed by atoms with van der Waals surface area (Å²) in [5, 5.41) is 16.2. The number of imidazole rings is 1. The Morgan fingerprint density at radius 1 is 1.00 bits per heavy atom. The van der Waals surface area contributed by atoms with Crippen molar-refractivity contribution in [2.24, 2.45) is 0 Å². The van der Waals surface area contributed by atoms with Gasteiger partial charge in [-0.05, 0) is 49.4 Å². The van der Waals surface area contributed by atoms with Crippen LogP contribution in [0.4, 0.5) is 5.82 Å². The average molecular weight is 396 g/mol. The molecule has 1 fully saturated rings. The van der Waals surface area contributed by atoms with Gasteiger partial charge in [0.25, 0.3) is 0 Å². The van der Waals surface area contributed by atoms with Crippen molar-refractivity contribution in [1.82, 2.24) is 34.5 Å². The minimum atomic E-state index is 0.412. The number of anilines is 1. The highest BCUT2D eigenvalue weighted by Gasteiger charge is 2.16. The first kappa shape index (κ1) is 17.1. The molecule has 0 amide bonds. The third-order valence-corrected chi connectivity index (χ3v) is 5.49. The van der Waals surface area contributed by atoms with E-state index >= 15 is 0 Å². The highest BCUT2D eigenvalue weighted by atomic mass is 15.3. The maximum absolute atomic E-state index is 4.87. The Kier molecular flexibility index (Phi) is 3.95. The molecular formula is C22H20N8. The molecule has 1 atom stereocenters. The molecule has 5 aromatic heterocycles. The molecule has 0 bridgehead atoms. The number of nitrogens with zero attached hydrogens (tertiary/aromatic N) is 6. The zero-order valence-electron chi connectivity index (χ0n) is 16.2. The molecule has 148 valence electrons. The maximum atomic E-state index is 4.87. The molecule has 2 N–H and O–H groups in total. The van der Waals surface area contributed by atoms with E-state index in [1.54, 1.807) is 0 Å². The molecule has 1 aliphatic rings. The standard InChI is InChI=1S/C22H20N8/c1-2-11-29-19(5-1)16(13-25-29)17-7-8-22-24-14-20(30(22)28-17)18-4-3-6-21(27-18)26-15-9-10-23-12-15/h1-8,11,13-15,23H,9-10,12H2,(H,26,27). The average Bonchev–Trinajstić information content (AvgIpc) is 3.53. The number of rotatable bonds is 4. The molecule has 8 nitrogen and oxygen atoms in total. The van der Waals surface area contributed by atoms with Gasteiger partial charge in [-0.2, -0.15) is 10.2 Å². The van der Waals surface area contributed by atoms with E-state index < -0.39 is 0 Å². The number of aromatic nitrogens is 6. The molecule has 0 radical (unpaired) electrons. The molecule has 1 saturated heterocycles. The molecule has 0 saturated carbocycles. The number of fused-ring (bicyclic) bond motifs is 2. The van der Waals surface area contributed by atoms with E-state index in [-0.39, 0.29) is 0 Å². The third kappa shape index (κ3) is 2.89. The molecule has 1 unspecified atom stereocenters. The van der Waals surface area contributed by atoms with E-state index in [9.17, 15) is 0 Å². The van der Waals surface area contributed by atoms with Crippen LogP contribution in [0.5, 0.6) is 0 Å². The summed E-state index contributed by atoms with van der Waals surface area (Å²) >= 11 is 0. The Hall–Kier alpha value is -3.78. The highest BCUT2D eigenvalue weighted by molar-refractivity contribution is 5.78. The SMILES string of the molecule is c1cc(NC2CCNC2)nc(-c2cnc3ccc(-c4cnn5ccccc45)nn23)c1. The fraction of sp³-hybridized carbons (Fsp3) is 0.182. The topological polar surface area (TPSA) is 84.4 Å². The van der Waals surface area contributed by atoms with Crippen molar-refractivity contribution in [3.63, 3.8) is 0 Å². The van der Waals surface area contributed by atoms with E-state index in [0.717, 1.165) is 59.1 Å². The largest absolute Gasteiger partial charge is 0.366 e. The van der Waals surface area contributed by atoms with E-state index in [2.05, 4.69) is 20.7 Å². The fourth-order valence-electron chi connectivity index (χ4n) is 3.97. The second-order valence-corrected chi connectivity index (χ2v) is 7.46. The Bertz CT molecular complexity index is 1350. The van der Waals surface area contributed by atoms with Gasteiger partial charge in [-0.25, -0.2) is 19.0 Å². The van der Waals surface area contributed by atoms with Gasteiger partial charge in [0.1, 0.15) is 11.5 Å². The molecule has 8 heteroatoms. The Morgan fingerprint density at radius 2 is 2.00 bits per heavy atom. The van der Waals surface area contributed by atoms with Crippen LogP contribution in [0.1, 0.15) is 6.42 Å². The number of nitrogens with one attached hydrogen (secondary N) is 2. The van der Waals surface area contributed by atoms with Crippen LogP contribution in [0.2, 0.25) is 0 Å². The molecule has 0 spiro atoms. The van der Waals surface area contributed by atoms with Crippen LogP contribution >= 0.6 is 0 Å². The van der Waals surface area contributed by atoms with Crippen molar-refractivity contribution in [2.75, 3.05) is 18.4 Å². The van der Waals surface area contributed by atoms with E-state index in [4.69, 9.17) is 10.1 Å².